The normalized spacial score (nSPS) is 43.4. The Labute approximate surface area is 66.6 Å². The van der Waals surface area contributed by atoms with Gasteiger partial charge in [0.15, 0.2) is 0 Å². The van der Waals surface area contributed by atoms with Crippen LogP contribution in [0, 0.1) is 5.92 Å². The minimum absolute atomic E-state index is 0.378. The molecule has 0 aromatic carbocycles. The third kappa shape index (κ3) is 1.03. The molecule has 0 aromatic heterocycles. The van der Waals surface area contributed by atoms with E-state index in [1.165, 1.54) is 12.8 Å². The van der Waals surface area contributed by atoms with Crippen LogP contribution in [0.2, 0.25) is 0 Å². The van der Waals surface area contributed by atoms with Crippen LogP contribution in [0.1, 0.15) is 19.3 Å². The van der Waals surface area contributed by atoms with E-state index in [0.717, 1.165) is 12.3 Å². The van der Waals surface area contributed by atoms with Crippen molar-refractivity contribution in [3.63, 3.8) is 0 Å². The van der Waals surface area contributed by atoms with Crippen LogP contribution in [0.25, 0.3) is 0 Å². The summed E-state index contributed by atoms with van der Waals surface area (Å²) in [6.07, 6.45) is 4.34. The molecular weight excluding hydrogens is 140 g/mol. The second kappa shape index (κ2) is 2.48. The van der Waals surface area contributed by atoms with Gasteiger partial charge in [-0.15, -0.1) is 0 Å². The lowest BCUT2D eigenvalue weighted by Gasteiger charge is -2.16. The van der Waals surface area contributed by atoms with Crippen molar-refractivity contribution in [3.8, 4) is 0 Å². The van der Waals surface area contributed by atoms with E-state index in [1.54, 1.807) is 7.05 Å². The summed E-state index contributed by atoms with van der Waals surface area (Å²) in [4.78, 5) is 4.00. The maximum atomic E-state index is 5.73. The van der Waals surface area contributed by atoms with Crippen molar-refractivity contribution in [2.45, 2.75) is 31.5 Å². The highest BCUT2D eigenvalue weighted by Gasteiger charge is 2.42. The molecule has 2 heterocycles. The van der Waals surface area contributed by atoms with Gasteiger partial charge in [-0.05, 0) is 19.3 Å². The second-order valence-electron chi connectivity index (χ2n) is 3.36. The molecule has 2 bridgehead atoms. The number of hydrogen-bond acceptors (Lipinski definition) is 2. The monoisotopic (exact) mass is 154 g/mol. The van der Waals surface area contributed by atoms with E-state index >= 15 is 0 Å². The van der Waals surface area contributed by atoms with E-state index in [9.17, 15) is 0 Å². The van der Waals surface area contributed by atoms with Gasteiger partial charge in [0.25, 0.3) is 0 Å². The van der Waals surface area contributed by atoms with E-state index in [4.69, 9.17) is 10.5 Å². The molecule has 2 aliphatic rings. The van der Waals surface area contributed by atoms with Gasteiger partial charge >= 0.3 is 0 Å². The van der Waals surface area contributed by atoms with Crippen molar-refractivity contribution in [1.82, 2.24) is 0 Å². The molecule has 2 saturated heterocycles. The summed E-state index contributed by atoms with van der Waals surface area (Å²) in [5.41, 5.74) is 5.73. The fraction of sp³-hybridized carbons (Fsp3) is 0.875. The van der Waals surface area contributed by atoms with Gasteiger partial charge in [-0.25, -0.2) is 0 Å². The minimum Gasteiger partial charge on any atom is -0.387 e. The second-order valence-corrected chi connectivity index (χ2v) is 3.36. The summed E-state index contributed by atoms with van der Waals surface area (Å²) in [5.74, 6) is 1.19. The Balaban J connectivity index is 2.08. The van der Waals surface area contributed by atoms with Crippen LogP contribution in [0.5, 0.6) is 0 Å². The Kier molecular flexibility index (Phi) is 1.60. The fourth-order valence-corrected chi connectivity index (χ4v) is 2.11. The molecule has 3 nitrogen and oxygen atoms in total. The van der Waals surface area contributed by atoms with Gasteiger partial charge < -0.3 is 10.5 Å². The van der Waals surface area contributed by atoms with Gasteiger partial charge in [0.1, 0.15) is 0 Å². The van der Waals surface area contributed by atoms with E-state index < -0.39 is 0 Å². The zero-order valence-corrected chi connectivity index (χ0v) is 6.79. The van der Waals surface area contributed by atoms with Crippen molar-refractivity contribution < 1.29 is 4.74 Å². The summed E-state index contributed by atoms with van der Waals surface area (Å²) in [6, 6.07) is 0. The van der Waals surface area contributed by atoms with Crippen LogP contribution in [0.4, 0.5) is 0 Å². The smallest absolute Gasteiger partial charge is 0.0992 e. The van der Waals surface area contributed by atoms with Gasteiger partial charge in [0.05, 0.1) is 18.0 Å². The maximum Gasteiger partial charge on any atom is 0.0992 e. The van der Waals surface area contributed by atoms with Crippen LogP contribution in [-0.4, -0.2) is 25.1 Å². The molecule has 11 heavy (non-hydrogen) atoms. The standard InChI is InChI=1S/C8H14N2O/c1-10-8(9)6-4-5-2-3-7(6)11-5/h5-7H,2-4H2,1H3,(H2,9,10). The van der Waals surface area contributed by atoms with Crippen molar-refractivity contribution >= 4 is 5.84 Å². The van der Waals surface area contributed by atoms with Gasteiger partial charge in [-0.3, -0.25) is 4.99 Å². The quantitative estimate of drug-likeness (QED) is 0.442. The lowest BCUT2D eigenvalue weighted by molar-refractivity contribution is 0.0995. The Hall–Kier alpha value is -0.570. The highest BCUT2D eigenvalue weighted by molar-refractivity contribution is 5.83. The number of rotatable bonds is 1. The van der Waals surface area contributed by atoms with Crippen LogP contribution >= 0.6 is 0 Å². The lowest BCUT2D eigenvalue weighted by Crippen LogP contribution is -2.31. The van der Waals surface area contributed by atoms with E-state index in [2.05, 4.69) is 4.99 Å². The van der Waals surface area contributed by atoms with Crippen LogP contribution in [0.3, 0.4) is 0 Å². The molecule has 0 saturated carbocycles. The molecule has 3 unspecified atom stereocenters. The molecule has 2 aliphatic heterocycles. The molecule has 2 N–H and O–H groups in total. The number of aliphatic imine (C=N–C) groups is 1. The lowest BCUT2D eigenvalue weighted by atomic mass is 9.88. The summed E-state index contributed by atoms with van der Waals surface area (Å²) >= 11 is 0. The molecule has 62 valence electrons. The molecular formula is C8H14N2O. The maximum absolute atomic E-state index is 5.73. The first-order chi connectivity index (χ1) is 5.31. The molecule has 0 amide bonds. The SMILES string of the molecule is CN=C(N)C1CC2CCC1O2. The van der Waals surface area contributed by atoms with E-state index in [0.29, 0.717) is 18.1 Å². The van der Waals surface area contributed by atoms with Crippen molar-refractivity contribution in [2.24, 2.45) is 16.6 Å². The van der Waals surface area contributed by atoms with Crippen molar-refractivity contribution in [1.29, 1.82) is 0 Å². The first-order valence-electron chi connectivity index (χ1n) is 4.19. The zero-order valence-electron chi connectivity index (χ0n) is 6.79. The molecule has 3 atom stereocenters. The Bertz CT molecular complexity index is 191. The first kappa shape index (κ1) is 7.10. The summed E-state index contributed by atoms with van der Waals surface area (Å²) in [5, 5.41) is 0. The fourth-order valence-electron chi connectivity index (χ4n) is 2.11. The zero-order chi connectivity index (χ0) is 7.84. The van der Waals surface area contributed by atoms with Crippen LogP contribution in [0.15, 0.2) is 4.99 Å². The third-order valence-electron chi connectivity index (χ3n) is 2.74. The number of ether oxygens (including phenoxy) is 1. The number of hydrogen-bond donors (Lipinski definition) is 1. The van der Waals surface area contributed by atoms with E-state index in [1.807, 2.05) is 0 Å². The summed E-state index contributed by atoms with van der Waals surface area (Å²) < 4.78 is 5.65. The minimum atomic E-state index is 0.378. The molecule has 0 aromatic rings. The van der Waals surface area contributed by atoms with Crippen LogP contribution < -0.4 is 5.73 Å². The predicted molar refractivity (Wildman–Crippen MR) is 43.5 cm³/mol. The van der Waals surface area contributed by atoms with Crippen LogP contribution in [-0.2, 0) is 4.74 Å². The topological polar surface area (TPSA) is 47.6 Å². The van der Waals surface area contributed by atoms with Crippen molar-refractivity contribution in [2.75, 3.05) is 7.05 Å². The largest absolute Gasteiger partial charge is 0.387 e. The van der Waals surface area contributed by atoms with Gasteiger partial charge in [-0.1, -0.05) is 0 Å². The summed E-state index contributed by atoms with van der Waals surface area (Å²) in [7, 11) is 1.75. The Morgan fingerprint density at radius 3 is 2.82 bits per heavy atom. The highest BCUT2D eigenvalue weighted by atomic mass is 16.5. The average Bonchev–Trinajstić information content (AvgIpc) is 2.62. The third-order valence-corrected chi connectivity index (χ3v) is 2.74. The van der Waals surface area contributed by atoms with E-state index in [-0.39, 0.29) is 0 Å². The van der Waals surface area contributed by atoms with Gasteiger partial charge in [0, 0.05) is 13.0 Å². The predicted octanol–water partition coefficient (Wildman–Crippen LogP) is 0.541. The number of fused-ring (bicyclic) bond motifs is 2. The van der Waals surface area contributed by atoms with Gasteiger partial charge in [0.2, 0.25) is 0 Å². The molecule has 0 radical (unpaired) electrons. The average molecular weight is 154 g/mol. The van der Waals surface area contributed by atoms with Crippen molar-refractivity contribution in [3.05, 3.63) is 0 Å². The van der Waals surface area contributed by atoms with Gasteiger partial charge in [-0.2, -0.15) is 0 Å². The molecule has 0 aliphatic carbocycles. The highest BCUT2D eigenvalue weighted by Crippen LogP contribution is 2.38. The first-order valence-corrected chi connectivity index (χ1v) is 4.19. The summed E-state index contributed by atoms with van der Waals surface area (Å²) in [6.45, 7) is 0. The molecule has 0 spiro atoms. The molecule has 3 heteroatoms. The Morgan fingerprint density at radius 1 is 1.55 bits per heavy atom. The Morgan fingerprint density at radius 2 is 2.36 bits per heavy atom. The number of amidine groups is 1. The number of nitrogens with two attached hydrogens (primary N) is 1. The molecule has 2 rings (SSSR count). The molecule has 2 fully saturated rings. The number of nitrogens with zero attached hydrogens (tertiary/aromatic N) is 1.